The molecule has 2 aliphatic rings. The molecule has 1 aromatic carbocycles. The molecule has 4 rings (SSSR count). The van der Waals surface area contributed by atoms with Gasteiger partial charge in [0.05, 0.1) is 28.5 Å². The van der Waals surface area contributed by atoms with Crippen LogP contribution in [0.3, 0.4) is 0 Å². The third-order valence-corrected chi connectivity index (χ3v) is 7.25. The quantitative estimate of drug-likeness (QED) is 0.724. The summed E-state index contributed by atoms with van der Waals surface area (Å²) in [5.41, 5.74) is -0.197. The van der Waals surface area contributed by atoms with Gasteiger partial charge in [-0.05, 0) is 25.1 Å². The number of aryl methyl sites for hydroxylation is 1. The van der Waals surface area contributed by atoms with Gasteiger partial charge in [0.15, 0.2) is 0 Å². The molecule has 0 saturated carbocycles. The van der Waals surface area contributed by atoms with Crippen LogP contribution in [-0.4, -0.2) is 65.9 Å². The van der Waals surface area contributed by atoms with E-state index in [1.54, 1.807) is 12.4 Å². The average Bonchev–Trinajstić information content (AvgIpc) is 3.10. The first-order valence-electron chi connectivity index (χ1n) is 9.50. The molecule has 0 radical (unpaired) electrons. The molecule has 0 spiro atoms. The van der Waals surface area contributed by atoms with Crippen molar-refractivity contribution in [1.82, 2.24) is 19.2 Å². The minimum atomic E-state index is -4.60. The summed E-state index contributed by atoms with van der Waals surface area (Å²) in [6.07, 6.45) is -0.982. The van der Waals surface area contributed by atoms with Crippen LogP contribution >= 0.6 is 0 Å². The van der Waals surface area contributed by atoms with E-state index in [9.17, 15) is 21.6 Å². The van der Waals surface area contributed by atoms with Crippen LogP contribution in [0.4, 0.5) is 13.2 Å². The number of hydrogen-bond donors (Lipinski definition) is 0. The number of nitrogens with zero attached hydrogens (tertiary/aromatic N) is 4. The van der Waals surface area contributed by atoms with Crippen LogP contribution in [-0.2, 0) is 16.2 Å². The molecule has 0 amide bonds. The summed E-state index contributed by atoms with van der Waals surface area (Å²) in [7, 11) is -4.02. The lowest BCUT2D eigenvalue weighted by Gasteiger charge is -2.36. The fourth-order valence-electron chi connectivity index (χ4n) is 3.87. The molecule has 0 aliphatic carbocycles. The van der Waals surface area contributed by atoms with Gasteiger partial charge in [0, 0.05) is 38.6 Å². The highest BCUT2D eigenvalue weighted by Crippen LogP contribution is 2.32. The van der Waals surface area contributed by atoms with E-state index in [1.165, 1.54) is 10.4 Å². The Kier molecular flexibility index (Phi) is 5.45. The summed E-state index contributed by atoms with van der Waals surface area (Å²) in [6, 6.07) is 3.81. The predicted molar refractivity (Wildman–Crippen MR) is 101 cm³/mol. The first-order valence-corrected chi connectivity index (χ1v) is 10.9. The zero-order valence-electron chi connectivity index (χ0n) is 16.2. The van der Waals surface area contributed by atoms with E-state index in [0.717, 1.165) is 17.8 Å². The Bertz CT molecular complexity index is 1010. The van der Waals surface area contributed by atoms with Gasteiger partial charge in [0.2, 0.25) is 15.9 Å². The molecule has 30 heavy (non-hydrogen) atoms. The second-order valence-corrected chi connectivity index (χ2v) is 9.45. The van der Waals surface area contributed by atoms with Gasteiger partial charge >= 0.3 is 6.18 Å². The van der Waals surface area contributed by atoms with Gasteiger partial charge < -0.3 is 4.74 Å². The first kappa shape index (κ1) is 21.0. The number of aromatic nitrogens is 2. The number of sulfonamides is 1. The Morgan fingerprint density at radius 2 is 1.93 bits per heavy atom. The number of hydrogen-bond acceptors (Lipinski definition) is 6. The summed E-state index contributed by atoms with van der Waals surface area (Å²) in [5.74, 6) is 0.416. The molecule has 162 valence electrons. The zero-order valence-corrected chi connectivity index (χ0v) is 17.0. The Morgan fingerprint density at radius 3 is 2.63 bits per heavy atom. The number of fused-ring (bicyclic) bond motifs is 1. The van der Waals surface area contributed by atoms with E-state index >= 15 is 0 Å². The molecule has 11 heteroatoms. The normalized spacial score (nSPS) is 23.3. The van der Waals surface area contributed by atoms with Crippen molar-refractivity contribution >= 4 is 10.0 Å². The summed E-state index contributed by atoms with van der Waals surface area (Å²) in [5, 5.41) is 0. The van der Waals surface area contributed by atoms with Gasteiger partial charge in [-0.2, -0.15) is 17.5 Å². The molecule has 2 atom stereocenters. The van der Waals surface area contributed by atoms with Crippen LogP contribution in [0, 0.1) is 6.92 Å². The third kappa shape index (κ3) is 4.28. The molecule has 7 nitrogen and oxygen atoms in total. The minimum absolute atomic E-state index is 0.0669. The molecule has 0 bridgehead atoms. The molecule has 1 aromatic heterocycles. The molecule has 2 aromatic rings. The van der Waals surface area contributed by atoms with Gasteiger partial charge in [0.1, 0.15) is 6.10 Å². The number of rotatable bonds is 4. The number of benzene rings is 1. The van der Waals surface area contributed by atoms with Crippen LogP contribution in [0.25, 0.3) is 0 Å². The smallest absolute Gasteiger partial charge is 0.416 e. The van der Waals surface area contributed by atoms with Crippen molar-refractivity contribution in [3.63, 3.8) is 0 Å². The van der Waals surface area contributed by atoms with Gasteiger partial charge in [-0.15, -0.1) is 0 Å². The molecule has 2 aliphatic heterocycles. The maximum Gasteiger partial charge on any atom is 0.416 e. The van der Waals surface area contributed by atoms with Gasteiger partial charge in [-0.25, -0.2) is 13.4 Å². The minimum Gasteiger partial charge on any atom is -0.472 e. The highest BCUT2D eigenvalue weighted by atomic mass is 32.2. The van der Waals surface area contributed by atoms with Gasteiger partial charge in [0.25, 0.3) is 0 Å². The number of alkyl halides is 3. The lowest BCUT2D eigenvalue weighted by Crippen LogP contribution is -2.51. The van der Waals surface area contributed by atoms with E-state index in [-0.39, 0.29) is 30.1 Å². The van der Waals surface area contributed by atoms with E-state index in [2.05, 4.69) is 14.9 Å². The Labute approximate surface area is 172 Å². The van der Waals surface area contributed by atoms with Gasteiger partial charge in [-0.3, -0.25) is 9.88 Å². The van der Waals surface area contributed by atoms with Crippen LogP contribution in [0.2, 0.25) is 0 Å². The summed E-state index contributed by atoms with van der Waals surface area (Å²) >= 11 is 0. The van der Waals surface area contributed by atoms with E-state index in [1.807, 2.05) is 6.92 Å². The molecular formula is C19H21F3N4O3S. The van der Waals surface area contributed by atoms with Crippen molar-refractivity contribution in [3.8, 4) is 5.88 Å². The van der Waals surface area contributed by atoms with Crippen molar-refractivity contribution in [3.05, 3.63) is 47.9 Å². The number of piperazine rings is 1. The summed E-state index contributed by atoms with van der Waals surface area (Å²) in [4.78, 5) is 10.1. The SMILES string of the molecule is Cc1cnc(O[C@H]2C[C@H]3CN(S(=O)(=O)c4cccc(C(F)(F)F)c4)CCN3C2)cn1. The van der Waals surface area contributed by atoms with E-state index in [4.69, 9.17) is 4.74 Å². The van der Waals surface area contributed by atoms with Crippen LogP contribution in [0.1, 0.15) is 17.7 Å². The highest BCUT2D eigenvalue weighted by molar-refractivity contribution is 7.89. The first-order chi connectivity index (χ1) is 14.1. The number of halogens is 3. The average molecular weight is 442 g/mol. The number of ether oxygens (including phenoxy) is 1. The summed E-state index contributed by atoms with van der Waals surface area (Å²) in [6.45, 7) is 3.37. The Morgan fingerprint density at radius 1 is 1.13 bits per heavy atom. The molecule has 0 unspecified atom stereocenters. The van der Waals surface area contributed by atoms with Crippen LogP contribution < -0.4 is 4.74 Å². The highest BCUT2D eigenvalue weighted by Gasteiger charge is 2.41. The third-order valence-electron chi connectivity index (χ3n) is 5.38. The van der Waals surface area contributed by atoms with E-state index in [0.29, 0.717) is 31.5 Å². The Hall–Kier alpha value is -2.24. The van der Waals surface area contributed by atoms with Gasteiger partial charge in [-0.1, -0.05) is 6.07 Å². The molecule has 2 fully saturated rings. The van der Waals surface area contributed by atoms with Crippen molar-refractivity contribution in [2.45, 2.75) is 36.6 Å². The maximum atomic E-state index is 13.0. The molecule has 0 N–H and O–H groups in total. The topological polar surface area (TPSA) is 75.6 Å². The predicted octanol–water partition coefficient (Wildman–Crippen LogP) is 2.33. The zero-order chi connectivity index (χ0) is 21.5. The molecular weight excluding hydrogens is 421 g/mol. The van der Waals surface area contributed by atoms with Crippen LogP contribution in [0.15, 0.2) is 41.6 Å². The lowest BCUT2D eigenvalue weighted by atomic mass is 10.2. The van der Waals surface area contributed by atoms with Crippen LogP contribution in [0.5, 0.6) is 5.88 Å². The standard InChI is InChI=1S/C19H21F3N4O3S/c1-13-9-24-18(10-23-13)29-16-8-15-11-26(6-5-25(15)12-16)30(27,28)17-4-2-3-14(7-17)19(20,21)22/h2-4,7,9-10,15-16H,5-6,8,11-12H2,1H3/t15-,16-/m0/s1. The lowest BCUT2D eigenvalue weighted by molar-refractivity contribution is -0.137. The van der Waals surface area contributed by atoms with E-state index < -0.39 is 21.8 Å². The van der Waals surface area contributed by atoms with Crippen molar-refractivity contribution in [1.29, 1.82) is 0 Å². The second-order valence-electron chi connectivity index (χ2n) is 7.51. The fraction of sp³-hybridized carbons (Fsp3) is 0.474. The van der Waals surface area contributed by atoms with Crippen molar-refractivity contribution < 1.29 is 26.3 Å². The van der Waals surface area contributed by atoms with Crippen molar-refractivity contribution in [2.24, 2.45) is 0 Å². The van der Waals surface area contributed by atoms with Crippen molar-refractivity contribution in [2.75, 3.05) is 26.2 Å². The Balaban J connectivity index is 1.45. The fourth-order valence-corrected chi connectivity index (χ4v) is 5.38. The molecule has 3 heterocycles. The maximum absolute atomic E-state index is 13.0. The monoisotopic (exact) mass is 442 g/mol. The largest absolute Gasteiger partial charge is 0.472 e. The molecule has 2 saturated heterocycles. The summed E-state index contributed by atoms with van der Waals surface area (Å²) < 4.78 is 72.0. The second kappa shape index (κ2) is 7.78.